The quantitative estimate of drug-likeness (QED) is 0.768. The molecule has 132 valence electrons. The van der Waals surface area contributed by atoms with Crippen molar-refractivity contribution < 1.29 is 19.1 Å². The van der Waals surface area contributed by atoms with Gasteiger partial charge in [0.05, 0.1) is 12.0 Å². The maximum atomic E-state index is 12.7. The monoisotopic (exact) mass is 359 g/mol. The Morgan fingerprint density at radius 2 is 2.04 bits per heavy atom. The van der Waals surface area contributed by atoms with E-state index in [-0.39, 0.29) is 11.9 Å². The number of amides is 1. The first kappa shape index (κ1) is 17.5. The Hall–Kier alpha value is -2.34. The Morgan fingerprint density at radius 3 is 2.76 bits per heavy atom. The van der Waals surface area contributed by atoms with E-state index < -0.39 is 6.04 Å². The number of hydrogen-bond acceptors (Lipinski definition) is 5. The van der Waals surface area contributed by atoms with Crippen LogP contribution in [-0.4, -0.2) is 36.5 Å². The third-order valence-electron chi connectivity index (χ3n) is 4.28. The molecule has 0 saturated carbocycles. The van der Waals surface area contributed by atoms with E-state index in [0.29, 0.717) is 24.4 Å². The highest BCUT2D eigenvalue weighted by Crippen LogP contribution is 2.25. The van der Waals surface area contributed by atoms with Crippen molar-refractivity contribution in [2.75, 3.05) is 13.7 Å². The van der Waals surface area contributed by atoms with Crippen LogP contribution in [0.1, 0.15) is 33.6 Å². The van der Waals surface area contributed by atoms with Crippen LogP contribution in [0.25, 0.3) is 0 Å². The molecule has 2 heterocycles. The van der Waals surface area contributed by atoms with E-state index in [0.717, 1.165) is 17.7 Å². The highest BCUT2D eigenvalue weighted by atomic mass is 32.1. The molecule has 1 fully saturated rings. The second-order valence-corrected chi connectivity index (χ2v) is 7.01. The Bertz CT molecular complexity index is 753. The van der Waals surface area contributed by atoms with Crippen LogP contribution in [0.3, 0.4) is 0 Å². The molecule has 0 radical (unpaired) electrons. The second kappa shape index (κ2) is 7.70. The average molecular weight is 359 g/mol. The van der Waals surface area contributed by atoms with Crippen LogP contribution >= 0.6 is 11.3 Å². The highest BCUT2D eigenvalue weighted by Gasteiger charge is 2.35. The van der Waals surface area contributed by atoms with Gasteiger partial charge in [-0.1, -0.05) is 17.7 Å². The first-order chi connectivity index (χ1) is 12.1. The van der Waals surface area contributed by atoms with Crippen molar-refractivity contribution in [2.45, 2.75) is 32.4 Å². The summed E-state index contributed by atoms with van der Waals surface area (Å²) in [5.74, 6) is 0.347. The fourth-order valence-electron chi connectivity index (χ4n) is 2.90. The predicted octanol–water partition coefficient (Wildman–Crippen LogP) is 3.41. The van der Waals surface area contributed by atoms with Gasteiger partial charge >= 0.3 is 5.97 Å². The zero-order valence-electron chi connectivity index (χ0n) is 14.4. The SMILES string of the molecule is COC(=O)C1CCCN1C(=O)c1cc(COc2ccc(C)cc2)cs1. The highest BCUT2D eigenvalue weighted by molar-refractivity contribution is 7.12. The van der Waals surface area contributed by atoms with Gasteiger partial charge in [-0.05, 0) is 43.3 Å². The summed E-state index contributed by atoms with van der Waals surface area (Å²) in [5, 5.41) is 1.92. The maximum Gasteiger partial charge on any atom is 0.328 e. The molecule has 1 aromatic carbocycles. The third kappa shape index (κ3) is 4.02. The van der Waals surface area contributed by atoms with E-state index >= 15 is 0 Å². The molecule has 1 atom stereocenters. The van der Waals surface area contributed by atoms with Crippen LogP contribution in [0.2, 0.25) is 0 Å². The van der Waals surface area contributed by atoms with Crippen molar-refractivity contribution in [3.8, 4) is 5.75 Å². The van der Waals surface area contributed by atoms with Crippen molar-refractivity contribution in [3.05, 3.63) is 51.7 Å². The number of ether oxygens (including phenoxy) is 2. The molecule has 3 rings (SSSR count). The smallest absolute Gasteiger partial charge is 0.328 e. The molecular formula is C19H21NO4S. The van der Waals surface area contributed by atoms with E-state index in [1.54, 1.807) is 4.90 Å². The number of aryl methyl sites for hydroxylation is 1. The van der Waals surface area contributed by atoms with Crippen LogP contribution in [0.5, 0.6) is 5.75 Å². The van der Waals surface area contributed by atoms with Gasteiger partial charge in [0.25, 0.3) is 5.91 Å². The van der Waals surface area contributed by atoms with Gasteiger partial charge in [-0.2, -0.15) is 0 Å². The number of rotatable bonds is 5. The number of esters is 1. The molecule has 1 aliphatic heterocycles. The van der Waals surface area contributed by atoms with E-state index in [4.69, 9.17) is 9.47 Å². The number of carbonyl (C=O) groups is 2. The molecule has 0 N–H and O–H groups in total. The fraction of sp³-hybridized carbons (Fsp3) is 0.368. The van der Waals surface area contributed by atoms with Crippen LogP contribution in [-0.2, 0) is 16.1 Å². The number of nitrogens with zero attached hydrogens (tertiary/aromatic N) is 1. The number of carbonyl (C=O) groups excluding carboxylic acids is 2. The van der Waals surface area contributed by atoms with Crippen LogP contribution in [0.15, 0.2) is 35.7 Å². The van der Waals surface area contributed by atoms with Gasteiger partial charge in [0.2, 0.25) is 0 Å². The van der Waals surface area contributed by atoms with Crippen molar-refractivity contribution >= 4 is 23.2 Å². The summed E-state index contributed by atoms with van der Waals surface area (Å²) in [6.45, 7) is 3.03. The molecule has 5 nitrogen and oxygen atoms in total. The van der Waals surface area contributed by atoms with Gasteiger partial charge in [0.1, 0.15) is 18.4 Å². The molecule has 0 aliphatic carbocycles. The van der Waals surface area contributed by atoms with Gasteiger partial charge in [-0.3, -0.25) is 4.79 Å². The summed E-state index contributed by atoms with van der Waals surface area (Å²) >= 11 is 1.38. The Balaban J connectivity index is 1.63. The Morgan fingerprint density at radius 1 is 1.28 bits per heavy atom. The summed E-state index contributed by atoms with van der Waals surface area (Å²) in [5.41, 5.74) is 2.13. The molecule has 1 saturated heterocycles. The minimum absolute atomic E-state index is 0.112. The van der Waals surface area contributed by atoms with Gasteiger partial charge < -0.3 is 14.4 Å². The lowest BCUT2D eigenvalue weighted by molar-refractivity contribution is -0.145. The Kier molecular flexibility index (Phi) is 5.38. The lowest BCUT2D eigenvalue weighted by atomic mass is 10.2. The molecule has 6 heteroatoms. The lowest BCUT2D eigenvalue weighted by Gasteiger charge is -2.21. The van der Waals surface area contributed by atoms with Gasteiger partial charge in [-0.15, -0.1) is 11.3 Å². The van der Waals surface area contributed by atoms with Gasteiger partial charge in [0.15, 0.2) is 0 Å². The third-order valence-corrected chi connectivity index (χ3v) is 5.24. The fourth-order valence-corrected chi connectivity index (χ4v) is 3.75. The largest absolute Gasteiger partial charge is 0.489 e. The number of benzene rings is 1. The maximum absolute atomic E-state index is 12.7. The van der Waals surface area contributed by atoms with Crippen molar-refractivity contribution in [1.29, 1.82) is 0 Å². The van der Waals surface area contributed by atoms with E-state index in [1.807, 2.05) is 42.6 Å². The van der Waals surface area contributed by atoms with Gasteiger partial charge in [-0.25, -0.2) is 4.79 Å². The van der Waals surface area contributed by atoms with Crippen LogP contribution in [0.4, 0.5) is 0 Å². The zero-order valence-corrected chi connectivity index (χ0v) is 15.2. The number of likely N-dealkylation sites (tertiary alicyclic amines) is 1. The number of hydrogen-bond donors (Lipinski definition) is 0. The normalized spacial score (nSPS) is 16.7. The molecular weight excluding hydrogens is 338 g/mol. The molecule has 2 aromatic rings. The molecule has 1 unspecified atom stereocenters. The summed E-state index contributed by atoms with van der Waals surface area (Å²) < 4.78 is 10.6. The van der Waals surface area contributed by atoms with E-state index in [1.165, 1.54) is 24.0 Å². The van der Waals surface area contributed by atoms with Crippen molar-refractivity contribution in [1.82, 2.24) is 4.90 Å². The van der Waals surface area contributed by atoms with Crippen LogP contribution < -0.4 is 4.74 Å². The second-order valence-electron chi connectivity index (χ2n) is 6.10. The van der Waals surface area contributed by atoms with Crippen LogP contribution in [0, 0.1) is 6.92 Å². The summed E-state index contributed by atoms with van der Waals surface area (Å²) in [7, 11) is 1.36. The molecule has 0 bridgehead atoms. The lowest BCUT2D eigenvalue weighted by Crippen LogP contribution is -2.40. The van der Waals surface area contributed by atoms with Gasteiger partial charge in [0, 0.05) is 12.1 Å². The summed E-state index contributed by atoms with van der Waals surface area (Å²) in [6.07, 6.45) is 1.48. The topological polar surface area (TPSA) is 55.8 Å². The minimum Gasteiger partial charge on any atom is -0.489 e. The summed E-state index contributed by atoms with van der Waals surface area (Å²) in [6, 6.07) is 9.23. The van der Waals surface area contributed by atoms with E-state index in [9.17, 15) is 9.59 Å². The molecule has 1 aromatic heterocycles. The number of methoxy groups -OCH3 is 1. The molecule has 25 heavy (non-hydrogen) atoms. The Labute approximate surface area is 151 Å². The average Bonchev–Trinajstić information content (AvgIpc) is 3.29. The predicted molar refractivity (Wildman–Crippen MR) is 95.9 cm³/mol. The van der Waals surface area contributed by atoms with E-state index in [2.05, 4.69) is 0 Å². The zero-order chi connectivity index (χ0) is 17.8. The summed E-state index contributed by atoms with van der Waals surface area (Å²) in [4.78, 5) is 26.7. The van der Waals surface area contributed by atoms with Crippen molar-refractivity contribution in [2.24, 2.45) is 0 Å². The van der Waals surface area contributed by atoms with Crippen molar-refractivity contribution in [3.63, 3.8) is 0 Å². The molecule has 0 spiro atoms. The number of thiophene rings is 1. The molecule has 1 amide bonds. The standard InChI is InChI=1S/C19H21NO4S/c1-13-5-7-15(8-6-13)24-11-14-10-17(25-12-14)18(21)20-9-3-4-16(20)19(22)23-2/h5-8,10,12,16H,3-4,9,11H2,1-2H3. The first-order valence-electron chi connectivity index (χ1n) is 8.24. The first-order valence-corrected chi connectivity index (χ1v) is 9.12. The molecule has 1 aliphatic rings. The minimum atomic E-state index is -0.466.